The quantitative estimate of drug-likeness (QED) is 0.721. The van der Waals surface area contributed by atoms with Gasteiger partial charge in [-0.25, -0.2) is 17.9 Å². The molecule has 4 rings (SSSR count). The topological polar surface area (TPSA) is 116 Å². The van der Waals surface area contributed by atoms with Crippen molar-refractivity contribution in [2.24, 2.45) is 5.92 Å². The number of nitrogens with zero attached hydrogens (tertiary/aromatic N) is 2. The Morgan fingerprint density at radius 2 is 1.96 bits per heavy atom. The standard InChI is InChI=1S/C16H19ClN4O4S/c1-16(4-5-16)19-26(24,25)13-6-10-12(7-11(13)17)20(8-9-2-3-9)15(23)21(18)14(10)22/h6-7,9,19H,2-5,8,18H2,1H3. The van der Waals surface area contributed by atoms with Gasteiger partial charge in [-0.1, -0.05) is 11.6 Å². The molecule has 2 aliphatic rings. The Morgan fingerprint density at radius 3 is 2.54 bits per heavy atom. The molecule has 2 aromatic rings. The first-order valence-corrected chi connectivity index (χ1v) is 10.3. The summed E-state index contributed by atoms with van der Waals surface area (Å²) in [5.74, 6) is 5.98. The molecule has 140 valence electrons. The molecule has 1 aromatic heterocycles. The van der Waals surface area contributed by atoms with Crippen molar-refractivity contribution in [1.82, 2.24) is 14.0 Å². The molecule has 0 spiro atoms. The second-order valence-electron chi connectivity index (χ2n) is 7.48. The van der Waals surface area contributed by atoms with Crippen LogP contribution in [-0.4, -0.2) is 23.2 Å². The number of hydrogen-bond donors (Lipinski definition) is 2. The van der Waals surface area contributed by atoms with E-state index in [-0.39, 0.29) is 15.3 Å². The van der Waals surface area contributed by atoms with E-state index in [1.54, 1.807) is 6.92 Å². The first-order chi connectivity index (χ1) is 12.1. The number of hydrogen-bond acceptors (Lipinski definition) is 5. The Labute approximate surface area is 154 Å². The number of nitrogen functional groups attached to an aromatic ring is 1. The lowest BCUT2D eigenvalue weighted by molar-refractivity contribution is 0.558. The summed E-state index contributed by atoms with van der Waals surface area (Å²) in [5, 5.41) is 0.0193. The monoisotopic (exact) mass is 398 g/mol. The van der Waals surface area contributed by atoms with Crippen molar-refractivity contribution < 1.29 is 8.42 Å². The van der Waals surface area contributed by atoms with Crippen molar-refractivity contribution in [3.63, 3.8) is 0 Å². The number of benzene rings is 1. The first kappa shape index (κ1) is 17.6. The average Bonchev–Trinajstić information content (AvgIpc) is 3.47. The summed E-state index contributed by atoms with van der Waals surface area (Å²) >= 11 is 6.23. The van der Waals surface area contributed by atoms with Crippen molar-refractivity contribution >= 4 is 32.5 Å². The Kier molecular flexibility index (Phi) is 3.77. The Balaban J connectivity index is 1.94. The lowest BCUT2D eigenvalue weighted by Gasteiger charge is -2.16. The van der Waals surface area contributed by atoms with E-state index in [2.05, 4.69) is 4.72 Å². The lowest BCUT2D eigenvalue weighted by atomic mass is 10.2. The van der Waals surface area contributed by atoms with Gasteiger partial charge >= 0.3 is 5.69 Å². The van der Waals surface area contributed by atoms with Crippen LogP contribution in [0, 0.1) is 5.92 Å². The first-order valence-electron chi connectivity index (χ1n) is 8.39. The fourth-order valence-electron chi connectivity index (χ4n) is 3.00. The van der Waals surface area contributed by atoms with Crippen LogP contribution in [0.25, 0.3) is 10.9 Å². The normalized spacial score (nSPS) is 19.0. The average molecular weight is 399 g/mol. The van der Waals surface area contributed by atoms with Crippen molar-refractivity contribution in [3.05, 3.63) is 38.0 Å². The summed E-state index contributed by atoms with van der Waals surface area (Å²) in [4.78, 5) is 24.7. The zero-order valence-electron chi connectivity index (χ0n) is 14.2. The van der Waals surface area contributed by atoms with Crippen LogP contribution in [0.5, 0.6) is 0 Å². The van der Waals surface area contributed by atoms with Crippen LogP contribution in [0.2, 0.25) is 5.02 Å². The van der Waals surface area contributed by atoms with E-state index < -0.39 is 26.8 Å². The van der Waals surface area contributed by atoms with E-state index in [4.69, 9.17) is 17.4 Å². The molecule has 0 aliphatic heterocycles. The summed E-state index contributed by atoms with van der Waals surface area (Å²) < 4.78 is 29.9. The van der Waals surface area contributed by atoms with Gasteiger partial charge in [0.25, 0.3) is 5.56 Å². The van der Waals surface area contributed by atoms with Crippen LogP contribution in [0.4, 0.5) is 0 Å². The molecule has 3 N–H and O–H groups in total. The van der Waals surface area contributed by atoms with E-state index in [1.807, 2.05) is 0 Å². The van der Waals surface area contributed by atoms with Crippen LogP contribution < -0.4 is 21.8 Å². The molecule has 0 saturated heterocycles. The lowest BCUT2D eigenvalue weighted by Crippen LogP contribution is -2.45. The number of nitrogens with two attached hydrogens (primary N) is 1. The minimum absolute atomic E-state index is 0.0348. The Hall–Kier alpha value is -1.84. The van der Waals surface area contributed by atoms with Gasteiger partial charge in [-0.15, -0.1) is 0 Å². The molecular weight excluding hydrogens is 380 g/mol. The Bertz CT molecular complexity index is 1140. The van der Waals surface area contributed by atoms with Gasteiger partial charge in [0, 0.05) is 12.1 Å². The number of fused-ring (bicyclic) bond motifs is 1. The van der Waals surface area contributed by atoms with Crippen molar-refractivity contribution in [2.75, 3.05) is 5.84 Å². The second kappa shape index (κ2) is 5.58. The largest absolute Gasteiger partial charge is 0.350 e. The summed E-state index contributed by atoms with van der Waals surface area (Å²) in [6.45, 7) is 2.23. The van der Waals surface area contributed by atoms with E-state index in [1.165, 1.54) is 16.7 Å². The maximum atomic E-state index is 12.7. The summed E-state index contributed by atoms with van der Waals surface area (Å²) in [6, 6.07) is 2.58. The maximum Gasteiger partial charge on any atom is 0.350 e. The smallest absolute Gasteiger partial charge is 0.332 e. The second-order valence-corrected chi connectivity index (χ2v) is 9.54. The van der Waals surface area contributed by atoms with Crippen LogP contribution >= 0.6 is 11.6 Å². The van der Waals surface area contributed by atoms with E-state index in [0.717, 1.165) is 25.7 Å². The molecule has 2 aliphatic carbocycles. The predicted molar refractivity (Wildman–Crippen MR) is 98.3 cm³/mol. The van der Waals surface area contributed by atoms with Gasteiger partial charge in [0.2, 0.25) is 10.0 Å². The van der Waals surface area contributed by atoms with Crippen LogP contribution in [0.15, 0.2) is 26.6 Å². The van der Waals surface area contributed by atoms with E-state index in [0.29, 0.717) is 22.7 Å². The number of nitrogens with one attached hydrogen (secondary N) is 1. The summed E-state index contributed by atoms with van der Waals surface area (Å²) in [6.07, 6.45) is 3.49. The molecule has 26 heavy (non-hydrogen) atoms. The molecule has 0 amide bonds. The zero-order chi connectivity index (χ0) is 18.9. The minimum Gasteiger partial charge on any atom is -0.332 e. The van der Waals surface area contributed by atoms with Crippen LogP contribution in [0.1, 0.15) is 32.6 Å². The fourth-order valence-corrected chi connectivity index (χ4v) is 5.01. The highest BCUT2D eigenvalue weighted by atomic mass is 35.5. The third-order valence-corrected chi connectivity index (χ3v) is 7.14. The highest BCUT2D eigenvalue weighted by Gasteiger charge is 2.41. The number of halogens is 1. The molecule has 0 radical (unpaired) electrons. The van der Waals surface area contributed by atoms with Gasteiger partial charge in [0.05, 0.1) is 15.9 Å². The number of aromatic nitrogens is 2. The van der Waals surface area contributed by atoms with Gasteiger partial charge < -0.3 is 5.84 Å². The molecule has 8 nitrogen and oxygen atoms in total. The molecule has 2 fully saturated rings. The molecule has 2 saturated carbocycles. The van der Waals surface area contributed by atoms with Crippen molar-refractivity contribution in [3.8, 4) is 0 Å². The van der Waals surface area contributed by atoms with Gasteiger partial charge in [0.15, 0.2) is 0 Å². The summed E-state index contributed by atoms with van der Waals surface area (Å²) in [5.41, 5.74) is -1.56. The van der Waals surface area contributed by atoms with Gasteiger partial charge in [0.1, 0.15) is 4.90 Å². The SMILES string of the molecule is CC1(NS(=O)(=O)c2cc3c(=O)n(N)c(=O)n(CC4CC4)c3cc2Cl)CC1. The van der Waals surface area contributed by atoms with Crippen LogP contribution in [-0.2, 0) is 16.6 Å². The Morgan fingerprint density at radius 1 is 1.31 bits per heavy atom. The van der Waals surface area contributed by atoms with Gasteiger partial charge in [-0.2, -0.15) is 4.68 Å². The van der Waals surface area contributed by atoms with Gasteiger partial charge in [-0.3, -0.25) is 9.36 Å². The van der Waals surface area contributed by atoms with Crippen LogP contribution in [0.3, 0.4) is 0 Å². The molecule has 10 heteroatoms. The number of sulfonamides is 1. The molecule has 1 heterocycles. The fraction of sp³-hybridized carbons (Fsp3) is 0.500. The third-order valence-electron chi connectivity index (χ3n) is 5.04. The van der Waals surface area contributed by atoms with E-state index >= 15 is 0 Å². The molecule has 0 bridgehead atoms. The molecule has 0 unspecified atom stereocenters. The number of rotatable bonds is 5. The van der Waals surface area contributed by atoms with Gasteiger partial charge in [-0.05, 0) is 50.7 Å². The molecule has 1 aromatic carbocycles. The zero-order valence-corrected chi connectivity index (χ0v) is 15.7. The molecular formula is C16H19ClN4O4S. The molecule has 0 atom stereocenters. The van der Waals surface area contributed by atoms with E-state index in [9.17, 15) is 18.0 Å². The highest BCUT2D eigenvalue weighted by Crippen LogP contribution is 2.37. The third kappa shape index (κ3) is 2.93. The minimum atomic E-state index is -3.90. The highest BCUT2D eigenvalue weighted by molar-refractivity contribution is 7.89. The predicted octanol–water partition coefficient (Wildman–Crippen LogP) is 0.771. The van der Waals surface area contributed by atoms with Crippen molar-refractivity contribution in [1.29, 1.82) is 0 Å². The summed E-state index contributed by atoms with van der Waals surface area (Å²) in [7, 11) is -3.90. The van der Waals surface area contributed by atoms with Crippen molar-refractivity contribution in [2.45, 2.75) is 49.6 Å². The maximum absolute atomic E-state index is 12.7.